The van der Waals surface area contributed by atoms with Crippen LogP contribution in [0.25, 0.3) is 0 Å². The van der Waals surface area contributed by atoms with Gasteiger partial charge in [0, 0.05) is 38.6 Å². The lowest BCUT2D eigenvalue weighted by Gasteiger charge is -2.34. The molecule has 0 spiro atoms. The van der Waals surface area contributed by atoms with Gasteiger partial charge in [0.25, 0.3) is 0 Å². The van der Waals surface area contributed by atoms with Crippen LogP contribution in [0.15, 0.2) is 18.5 Å². The van der Waals surface area contributed by atoms with Gasteiger partial charge in [0.2, 0.25) is 5.95 Å². The number of unbranched alkanes of at least 4 members (excludes halogenated alkanes) is 3. The van der Waals surface area contributed by atoms with E-state index in [1.54, 1.807) is 0 Å². The molecule has 0 atom stereocenters. The first-order valence-electron chi connectivity index (χ1n) is 7.34. The highest BCUT2D eigenvalue weighted by atomic mass is 15.3. The predicted octanol–water partition coefficient (Wildman–Crippen LogP) is 1.12. The van der Waals surface area contributed by atoms with Gasteiger partial charge in [-0.1, -0.05) is 12.8 Å². The smallest absolute Gasteiger partial charge is 0.225 e. The normalized spacial score (nSPS) is 16.8. The Morgan fingerprint density at radius 2 is 1.63 bits per heavy atom. The lowest BCUT2D eigenvalue weighted by Crippen LogP contribution is -2.47. The van der Waals surface area contributed by atoms with Crippen LogP contribution in [0.3, 0.4) is 0 Å². The van der Waals surface area contributed by atoms with Crippen LogP contribution < -0.4 is 10.6 Å². The molecule has 1 saturated heterocycles. The van der Waals surface area contributed by atoms with Crippen molar-refractivity contribution in [2.24, 2.45) is 5.73 Å². The van der Waals surface area contributed by atoms with Crippen LogP contribution in [0.1, 0.15) is 25.7 Å². The van der Waals surface area contributed by atoms with E-state index in [4.69, 9.17) is 5.73 Å². The molecule has 19 heavy (non-hydrogen) atoms. The average Bonchev–Trinajstić information content (AvgIpc) is 2.49. The van der Waals surface area contributed by atoms with E-state index < -0.39 is 0 Å². The Morgan fingerprint density at radius 3 is 2.32 bits per heavy atom. The summed E-state index contributed by atoms with van der Waals surface area (Å²) in [7, 11) is 0. The van der Waals surface area contributed by atoms with Crippen molar-refractivity contribution in [1.82, 2.24) is 14.9 Å². The molecule has 106 valence electrons. The molecule has 1 aromatic heterocycles. The van der Waals surface area contributed by atoms with E-state index in [0.29, 0.717) is 0 Å². The van der Waals surface area contributed by atoms with Crippen molar-refractivity contribution < 1.29 is 0 Å². The first kappa shape index (κ1) is 14.2. The topological polar surface area (TPSA) is 58.3 Å². The number of rotatable bonds is 7. The molecule has 2 heterocycles. The molecule has 5 nitrogen and oxygen atoms in total. The van der Waals surface area contributed by atoms with Crippen LogP contribution in [0.2, 0.25) is 0 Å². The van der Waals surface area contributed by atoms with Crippen molar-refractivity contribution in [3.8, 4) is 0 Å². The van der Waals surface area contributed by atoms with Crippen molar-refractivity contribution in [1.29, 1.82) is 0 Å². The van der Waals surface area contributed by atoms with E-state index in [1.165, 1.54) is 32.2 Å². The summed E-state index contributed by atoms with van der Waals surface area (Å²) < 4.78 is 0. The number of aromatic nitrogens is 2. The lowest BCUT2D eigenvalue weighted by atomic mass is 10.2. The van der Waals surface area contributed by atoms with Crippen LogP contribution in [0.4, 0.5) is 5.95 Å². The summed E-state index contributed by atoms with van der Waals surface area (Å²) >= 11 is 0. The van der Waals surface area contributed by atoms with E-state index in [1.807, 2.05) is 18.5 Å². The van der Waals surface area contributed by atoms with Crippen LogP contribution in [0, 0.1) is 0 Å². The molecule has 0 radical (unpaired) electrons. The van der Waals surface area contributed by atoms with Crippen LogP contribution in [0.5, 0.6) is 0 Å². The third-order valence-corrected chi connectivity index (χ3v) is 3.64. The highest BCUT2D eigenvalue weighted by Gasteiger charge is 2.17. The maximum atomic E-state index is 5.50. The minimum absolute atomic E-state index is 0.829. The molecule has 1 aliphatic rings. The summed E-state index contributed by atoms with van der Waals surface area (Å²) in [6.45, 7) is 6.35. The summed E-state index contributed by atoms with van der Waals surface area (Å²) in [5.74, 6) is 0.866. The Morgan fingerprint density at radius 1 is 0.947 bits per heavy atom. The number of piperazine rings is 1. The van der Waals surface area contributed by atoms with E-state index in [9.17, 15) is 0 Å². The molecular weight excluding hydrogens is 238 g/mol. The molecule has 0 saturated carbocycles. The summed E-state index contributed by atoms with van der Waals surface area (Å²) in [6.07, 6.45) is 8.66. The van der Waals surface area contributed by atoms with E-state index in [-0.39, 0.29) is 0 Å². The predicted molar refractivity (Wildman–Crippen MR) is 78.2 cm³/mol. The standard InChI is InChI=1S/C14H25N5/c15-6-3-1-2-4-9-18-10-12-19(13-11-18)14-16-7-5-8-17-14/h5,7-8H,1-4,6,9-13,15H2. The minimum atomic E-state index is 0.829. The summed E-state index contributed by atoms with van der Waals surface area (Å²) in [4.78, 5) is 13.4. The Hall–Kier alpha value is -1.20. The van der Waals surface area contributed by atoms with Crippen molar-refractivity contribution in [2.75, 3.05) is 44.2 Å². The molecule has 1 aliphatic heterocycles. The van der Waals surface area contributed by atoms with E-state index >= 15 is 0 Å². The zero-order valence-corrected chi connectivity index (χ0v) is 11.7. The number of hydrogen-bond donors (Lipinski definition) is 1. The van der Waals surface area contributed by atoms with E-state index in [0.717, 1.165) is 38.7 Å². The highest BCUT2D eigenvalue weighted by Crippen LogP contribution is 2.10. The molecule has 2 rings (SSSR count). The van der Waals surface area contributed by atoms with E-state index in [2.05, 4.69) is 19.8 Å². The zero-order chi connectivity index (χ0) is 13.3. The minimum Gasteiger partial charge on any atom is -0.338 e. The third kappa shape index (κ3) is 4.76. The zero-order valence-electron chi connectivity index (χ0n) is 11.7. The summed E-state index contributed by atoms with van der Waals surface area (Å²) in [5, 5.41) is 0. The molecule has 1 fully saturated rings. The van der Waals surface area contributed by atoms with Gasteiger partial charge in [-0.25, -0.2) is 9.97 Å². The monoisotopic (exact) mass is 263 g/mol. The average molecular weight is 263 g/mol. The third-order valence-electron chi connectivity index (χ3n) is 3.64. The second-order valence-corrected chi connectivity index (χ2v) is 5.08. The molecule has 0 aliphatic carbocycles. The van der Waals surface area contributed by atoms with Crippen molar-refractivity contribution in [3.05, 3.63) is 18.5 Å². The van der Waals surface area contributed by atoms with Gasteiger partial charge < -0.3 is 10.6 Å². The molecule has 0 unspecified atom stereocenters. The molecule has 0 aromatic carbocycles. The van der Waals surface area contributed by atoms with Gasteiger partial charge >= 0.3 is 0 Å². The van der Waals surface area contributed by atoms with Crippen molar-refractivity contribution in [2.45, 2.75) is 25.7 Å². The highest BCUT2D eigenvalue weighted by molar-refractivity contribution is 5.29. The fraction of sp³-hybridized carbons (Fsp3) is 0.714. The number of anilines is 1. The molecule has 5 heteroatoms. The van der Waals surface area contributed by atoms with Crippen LogP contribution >= 0.6 is 0 Å². The van der Waals surface area contributed by atoms with Crippen LogP contribution in [-0.2, 0) is 0 Å². The van der Waals surface area contributed by atoms with Gasteiger partial charge in [-0.05, 0) is 32.0 Å². The quantitative estimate of drug-likeness (QED) is 0.747. The summed E-state index contributed by atoms with van der Waals surface area (Å²) in [5.41, 5.74) is 5.50. The fourth-order valence-corrected chi connectivity index (χ4v) is 2.46. The maximum absolute atomic E-state index is 5.50. The first-order valence-corrected chi connectivity index (χ1v) is 7.34. The molecular formula is C14H25N5. The maximum Gasteiger partial charge on any atom is 0.225 e. The summed E-state index contributed by atoms with van der Waals surface area (Å²) in [6, 6.07) is 1.86. The van der Waals surface area contributed by atoms with Gasteiger partial charge in [0.1, 0.15) is 0 Å². The number of hydrogen-bond acceptors (Lipinski definition) is 5. The Bertz CT molecular complexity index is 335. The first-order chi connectivity index (χ1) is 9.40. The van der Waals surface area contributed by atoms with Crippen molar-refractivity contribution in [3.63, 3.8) is 0 Å². The van der Waals surface area contributed by atoms with Gasteiger partial charge in [0.15, 0.2) is 0 Å². The molecule has 1 aromatic rings. The van der Waals surface area contributed by atoms with Gasteiger partial charge in [-0.15, -0.1) is 0 Å². The second kappa shape index (κ2) is 8.07. The SMILES string of the molecule is NCCCCCCN1CCN(c2ncccn2)CC1. The Kier molecular flexibility index (Phi) is 6.04. The van der Waals surface area contributed by atoms with Gasteiger partial charge in [-0.2, -0.15) is 0 Å². The Labute approximate surface area is 115 Å². The molecule has 0 amide bonds. The van der Waals surface area contributed by atoms with Crippen molar-refractivity contribution >= 4 is 5.95 Å². The van der Waals surface area contributed by atoms with Gasteiger partial charge in [0.05, 0.1) is 0 Å². The molecule has 0 bridgehead atoms. The van der Waals surface area contributed by atoms with Crippen LogP contribution in [-0.4, -0.2) is 54.1 Å². The molecule has 2 N–H and O–H groups in total. The number of nitrogens with zero attached hydrogens (tertiary/aromatic N) is 4. The second-order valence-electron chi connectivity index (χ2n) is 5.08. The van der Waals surface area contributed by atoms with Gasteiger partial charge in [-0.3, -0.25) is 4.90 Å². The fourth-order valence-electron chi connectivity index (χ4n) is 2.46. The Balaban J connectivity index is 1.63. The number of nitrogens with two attached hydrogens (primary N) is 1. The lowest BCUT2D eigenvalue weighted by molar-refractivity contribution is 0.251. The largest absolute Gasteiger partial charge is 0.338 e.